The lowest BCUT2D eigenvalue weighted by atomic mass is 10.1. The Morgan fingerprint density at radius 3 is 2.52 bits per heavy atom. The summed E-state index contributed by atoms with van der Waals surface area (Å²) in [6.07, 6.45) is -3.84. The molecule has 1 aliphatic rings. The Labute approximate surface area is 166 Å². The van der Waals surface area contributed by atoms with Crippen molar-refractivity contribution in [2.45, 2.75) is 32.2 Å². The third-order valence-electron chi connectivity index (χ3n) is 4.31. The van der Waals surface area contributed by atoms with Crippen LogP contribution in [0.1, 0.15) is 30.3 Å². The van der Waals surface area contributed by atoms with Crippen LogP contribution in [0, 0.1) is 0 Å². The fourth-order valence-electron chi connectivity index (χ4n) is 3.04. The topological polar surface area (TPSA) is 60.9 Å². The van der Waals surface area contributed by atoms with Crippen LogP contribution in [0.2, 0.25) is 0 Å². The van der Waals surface area contributed by atoms with Crippen molar-refractivity contribution in [2.75, 3.05) is 19.7 Å². The van der Waals surface area contributed by atoms with Gasteiger partial charge >= 0.3 is 6.36 Å². The van der Waals surface area contributed by atoms with Crippen molar-refractivity contribution in [3.8, 4) is 17.4 Å². The van der Waals surface area contributed by atoms with E-state index in [4.69, 9.17) is 9.47 Å². The molecule has 0 radical (unpaired) electrons. The lowest BCUT2D eigenvalue weighted by Gasteiger charge is -2.32. The predicted octanol–water partition coefficient (Wildman–Crippen LogP) is 4.06. The molecule has 29 heavy (non-hydrogen) atoms. The van der Waals surface area contributed by atoms with E-state index in [-0.39, 0.29) is 17.8 Å². The van der Waals surface area contributed by atoms with E-state index >= 15 is 0 Å². The summed E-state index contributed by atoms with van der Waals surface area (Å²) in [7, 11) is 0. The van der Waals surface area contributed by atoms with E-state index < -0.39 is 6.36 Å². The van der Waals surface area contributed by atoms with Crippen LogP contribution in [0.25, 0.3) is 0 Å². The van der Waals surface area contributed by atoms with Crippen molar-refractivity contribution in [1.82, 2.24) is 9.88 Å². The van der Waals surface area contributed by atoms with Gasteiger partial charge in [0.25, 0.3) is 5.91 Å². The number of likely N-dealkylation sites (tertiary alicyclic amines) is 1. The lowest BCUT2D eigenvalue weighted by Crippen LogP contribution is -2.42. The van der Waals surface area contributed by atoms with Gasteiger partial charge in [-0.3, -0.25) is 4.79 Å². The normalized spacial score (nSPS) is 15.1. The Hall–Kier alpha value is -2.97. The molecule has 0 bridgehead atoms. The SMILES string of the molecule is CCOc1cccc(C(=O)N2CCC(Oc3cccc(OC(F)(F)F)c3)CC2)n1. The van der Waals surface area contributed by atoms with Crippen molar-refractivity contribution in [3.63, 3.8) is 0 Å². The monoisotopic (exact) mass is 410 g/mol. The Balaban J connectivity index is 1.55. The van der Waals surface area contributed by atoms with Crippen LogP contribution in [-0.4, -0.2) is 48.0 Å². The van der Waals surface area contributed by atoms with Crippen LogP contribution < -0.4 is 14.2 Å². The molecule has 1 aromatic carbocycles. The smallest absolute Gasteiger partial charge is 0.490 e. The highest BCUT2D eigenvalue weighted by atomic mass is 19.4. The van der Waals surface area contributed by atoms with Crippen molar-refractivity contribution in [3.05, 3.63) is 48.2 Å². The van der Waals surface area contributed by atoms with E-state index in [2.05, 4.69) is 9.72 Å². The molecular weight excluding hydrogens is 389 g/mol. The second-order valence-electron chi connectivity index (χ2n) is 6.43. The second-order valence-corrected chi connectivity index (χ2v) is 6.43. The molecule has 6 nitrogen and oxygen atoms in total. The standard InChI is InChI=1S/C20H21F3N2O4/c1-2-27-18-8-4-7-17(24-18)19(26)25-11-9-14(10-12-25)28-15-5-3-6-16(13-15)29-20(21,22)23/h3-8,13-14H,2,9-12H2,1H3. The van der Waals surface area contributed by atoms with Crippen LogP contribution in [0.15, 0.2) is 42.5 Å². The van der Waals surface area contributed by atoms with Gasteiger partial charge in [0.15, 0.2) is 0 Å². The van der Waals surface area contributed by atoms with Crippen LogP contribution in [0.4, 0.5) is 13.2 Å². The Bertz CT molecular complexity index is 836. The maximum absolute atomic E-state index is 12.6. The number of rotatable bonds is 6. The van der Waals surface area contributed by atoms with Gasteiger partial charge in [-0.25, -0.2) is 4.98 Å². The Morgan fingerprint density at radius 1 is 1.14 bits per heavy atom. The highest BCUT2D eigenvalue weighted by Gasteiger charge is 2.31. The van der Waals surface area contributed by atoms with E-state index in [0.717, 1.165) is 0 Å². The molecule has 0 aliphatic carbocycles. The summed E-state index contributed by atoms with van der Waals surface area (Å²) in [5.41, 5.74) is 0.312. The highest BCUT2D eigenvalue weighted by Crippen LogP contribution is 2.28. The van der Waals surface area contributed by atoms with Crippen LogP contribution >= 0.6 is 0 Å². The Kier molecular flexibility index (Phi) is 6.46. The molecule has 1 fully saturated rings. The molecule has 1 aliphatic heterocycles. The fraction of sp³-hybridized carbons (Fsp3) is 0.400. The number of piperidine rings is 1. The summed E-state index contributed by atoms with van der Waals surface area (Å²) in [5, 5.41) is 0. The van der Waals surface area contributed by atoms with Crippen LogP contribution in [-0.2, 0) is 0 Å². The number of hydrogen-bond donors (Lipinski definition) is 0. The van der Waals surface area contributed by atoms with Crippen molar-refractivity contribution in [2.24, 2.45) is 0 Å². The minimum Gasteiger partial charge on any atom is -0.490 e. The number of aromatic nitrogens is 1. The molecule has 0 spiro atoms. The maximum atomic E-state index is 12.6. The van der Waals surface area contributed by atoms with E-state index in [1.807, 2.05) is 6.92 Å². The maximum Gasteiger partial charge on any atom is 0.573 e. The third kappa shape index (κ3) is 6.00. The molecule has 1 amide bonds. The fourth-order valence-corrected chi connectivity index (χ4v) is 3.04. The molecule has 1 aromatic heterocycles. The molecule has 0 atom stereocenters. The number of benzene rings is 1. The number of carbonyl (C=O) groups excluding carboxylic acids is 1. The van der Waals surface area contributed by atoms with Crippen LogP contribution in [0.5, 0.6) is 17.4 Å². The first-order valence-electron chi connectivity index (χ1n) is 9.25. The number of amides is 1. The molecule has 0 N–H and O–H groups in total. The summed E-state index contributed by atoms with van der Waals surface area (Å²) in [5.74, 6) is 0.175. The second kappa shape index (κ2) is 9.02. The molecular formula is C20H21F3N2O4. The first-order chi connectivity index (χ1) is 13.8. The zero-order chi connectivity index (χ0) is 20.9. The van der Waals surface area contributed by atoms with Crippen LogP contribution in [0.3, 0.4) is 0 Å². The van der Waals surface area contributed by atoms with E-state index in [1.54, 1.807) is 29.2 Å². The van der Waals surface area contributed by atoms with Gasteiger partial charge < -0.3 is 19.1 Å². The number of pyridine rings is 1. The first kappa shape index (κ1) is 20.8. The number of ether oxygens (including phenoxy) is 3. The third-order valence-corrected chi connectivity index (χ3v) is 4.31. The molecule has 1 saturated heterocycles. The molecule has 0 saturated carbocycles. The van der Waals surface area contributed by atoms with Gasteiger partial charge in [-0.15, -0.1) is 13.2 Å². The predicted molar refractivity (Wildman–Crippen MR) is 98.1 cm³/mol. The number of carbonyl (C=O) groups is 1. The summed E-state index contributed by atoms with van der Waals surface area (Å²) in [6.45, 7) is 3.22. The summed E-state index contributed by atoms with van der Waals surface area (Å²) >= 11 is 0. The van der Waals surface area contributed by atoms with Gasteiger partial charge in [0, 0.05) is 38.1 Å². The van der Waals surface area contributed by atoms with Gasteiger partial charge in [-0.1, -0.05) is 12.1 Å². The molecule has 3 rings (SSSR count). The minimum atomic E-state index is -4.75. The van der Waals surface area contributed by atoms with Crippen molar-refractivity contribution < 1.29 is 32.2 Å². The zero-order valence-electron chi connectivity index (χ0n) is 15.8. The van der Waals surface area contributed by atoms with Gasteiger partial charge in [0.2, 0.25) is 5.88 Å². The summed E-state index contributed by atoms with van der Waals surface area (Å²) in [4.78, 5) is 18.5. The van der Waals surface area contributed by atoms with Gasteiger partial charge in [0.1, 0.15) is 23.3 Å². The molecule has 9 heteroatoms. The van der Waals surface area contributed by atoms with Gasteiger partial charge in [0.05, 0.1) is 6.61 Å². The number of hydrogen-bond acceptors (Lipinski definition) is 5. The Morgan fingerprint density at radius 2 is 1.83 bits per heavy atom. The van der Waals surface area contributed by atoms with Gasteiger partial charge in [-0.2, -0.15) is 0 Å². The number of nitrogens with zero attached hydrogens (tertiary/aromatic N) is 2. The van der Waals surface area contributed by atoms with Crippen molar-refractivity contribution >= 4 is 5.91 Å². The molecule has 0 unspecified atom stereocenters. The molecule has 2 aromatic rings. The van der Waals surface area contributed by atoms with E-state index in [1.165, 1.54) is 18.2 Å². The van der Waals surface area contributed by atoms with Gasteiger partial charge in [-0.05, 0) is 25.1 Å². The molecule has 156 valence electrons. The number of alkyl halides is 3. The summed E-state index contributed by atoms with van der Waals surface area (Å²) in [6, 6.07) is 10.5. The number of halogens is 3. The average molecular weight is 410 g/mol. The average Bonchev–Trinajstić information content (AvgIpc) is 2.67. The minimum absolute atomic E-state index is 0.189. The zero-order valence-corrected chi connectivity index (χ0v) is 15.8. The molecule has 2 heterocycles. The lowest BCUT2D eigenvalue weighted by molar-refractivity contribution is -0.274. The largest absolute Gasteiger partial charge is 0.573 e. The van der Waals surface area contributed by atoms with E-state index in [0.29, 0.717) is 49.9 Å². The quantitative estimate of drug-likeness (QED) is 0.719. The summed E-state index contributed by atoms with van der Waals surface area (Å²) < 4.78 is 52.0. The van der Waals surface area contributed by atoms with Crippen molar-refractivity contribution in [1.29, 1.82) is 0 Å². The first-order valence-corrected chi connectivity index (χ1v) is 9.25. The van der Waals surface area contributed by atoms with E-state index in [9.17, 15) is 18.0 Å². The highest BCUT2D eigenvalue weighted by molar-refractivity contribution is 5.92.